The standard InChI is InChI=1S/C29H46N2O4/c1-25(2,3)35-24(34)31-16-14-30(15-17-31)23(33)28(6)11-7-10-27(5)20(28)9-13-29-18-22(32)26(4,19-29)12-8-21(27)29/h20-21H,7-19H2,1-6H3/t20-,21-,26-,27+,28+,29-/m0/s1. The summed E-state index contributed by atoms with van der Waals surface area (Å²) >= 11 is 0. The summed E-state index contributed by atoms with van der Waals surface area (Å²) in [4.78, 5) is 43.4. The number of ketones is 1. The smallest absolute Gasteiger partial charge is 0.410 e. The number of hydrogen-bond acceptors (Lipinski definition) is 4. The topological polar surface area (TPSA) is 66.9 Å². The highest BCUT2D eigenvalue weighted by molar-refractivity contribution is 5.88. The van der Waals surface area contributed by atoms with Crippen molar-refractivity contribution >= 4 is 17.8 Å². The molecule has 35 heavy (non-hydrogen) atoms. The second kappa shape index (κ2) is 7.95. The van der Waals surface area contributed by atoms with Crippen molar-refractivity contribution in [2.45, 2.75) is 105 Å². The number of ether oxygens (including phenoxy) is 1. The second-order valence-electron chi connectivity index (χ2n) is 14.4. The molecular formula is C29H46N2O4. The number of rotatable bonds is 1. The Morgan fingerprint density at radius 3 is 2.17 bits per heavy atom. The Balaban J connectivity index is 1.31. The van der Waals surface area contributed by atoms with Crippen molar-refractivity contribution in [3.05, 3.63) is 0 Å². The Morgan fingerprint density at radius 2 is 1.51 bits per heavy atom. The highest BCUT2D eigenvalue weighted by atomic mass is 16.6. The summed E-state index contributed by atoms with van der Waals surface area (Å²) in [7, 11) is 0. The Labute approximate surface area is 211 Å². The van der Waals surface area contributed by atoms with Crippen LogP contribution >= 0.6 is 0 Å². The third-order valence-corrected chi connectivity index (χ3v) is 11.1. The van der Waals surface area contributed by atoms with Gasteiger partial charge in [-0.05, 0) is 88.4 Å². The predicted molar refractivity (Wildman–Crippen MR) is 135 cm³/mol. The lowest BCUT2D eigenvalue weighted by Crippen LogP contribution is -2.62. The van der Waals surface area contributed by atoms with Crippen LogP contribution in [0.25, 0.3) is 0 Å². The van der Waals surface area contributed by atoms with Gasteiger partial charge < -0.3 is 14.5 Å². The van der Waals surface area contributed by atoms with Crippen molar-refractivity contribution in [2.75, 3.05) is 26.2 Å². The van der Waals surface area contributed by atoms with Gasteiger partial charge in [0.1, 0.15) is 11.4 Å². The first kappa shape index (κ1) is 25.1. The van der Waals surface area contributed by atoms with Crippen LogP contribution in [0.15, 0.2) is 0 Å². The van der Waals surface area contributed by atoms with Crippen LogP contribution in [0.1, 0.15) is 99.3 Å². The van der Waals surface area contributed by atoms with Gasteiger partial charge in [-0.15, -0.1) is 0 Å². The molecule has 0 aromatic carbocycles. The molecule has 0 aromatic heterocycles. The van der Waals surface area contributed by atoms with E-state index in [-0.39, 0.29) is 33.7 Å². The summed E-state index contributed by atoms with van der Waals surface area (Å²) < 4.78 is 5.54. The molecule has 0 unspecified atom stereocenters. The SMILES string of the molecule is CC(C)(C)OC(=O)N1CCN(C(=O)[C@]2(C)CCC[C@@]3(C)[C@@H]4CC[C@@]5(C)C[C@]4(CC[C@@H]32)CC5=O)CC1. The number of amides is 2. The predicted octanol–water partition coefficient (Wildman–Crippen LogP) is 5.44. The van der Waals surface area contributed by atoms with Gasteiger partial charge >= 0.3 is 6.09 Å². The molecule has 2 bridgehead atoms. The van der Waals surface area contributed by atoms with E-state index in [1.54, 1.807) is 4.90 Å². The third-order valence-electron chi connectivity index (χ3n) is 11.1. The van der Waals surface area contributed by atoms with Crippen LogP contribution < -0.4 is 0 Å². The van der Waals surface area contributed by atoms with Gasteiger partial charge in [-0.3, -0.25) is 9.59 Å². The molecule has 0 aromatic rings. The van der Waals surface area contributed by atoms with E-state index in [4.69, 9.17) is 4.74 Å². The van der Waals surface area contributed by atoms with Gasteiger partial charge in [0.05, 0.1) is 0 Å². The maximum atomic E-state index is 14.1. The summed E-state index contributed by atoms with van der Waals surface area (Å²) in [6, 6.07) is 0. The first-order chi connectivity index (χ1) is 16.2. The first-order valence-electron chi connectivity index (χ1n) is 14.0. The Bertz CT molecular complexity index is 918. The number of nitrogens with zero attached hydrogens (tertiary/aromatic N) is 2. The number of hydrogen-bond donors (Lipinski definition) is 0. The Kier molecular flexibility index (Phi) is 5.70. The molecule has 6 atom stereocenters. The van der Waals surface area contributed by atoms with Crippen LogP contribution in [0.5, 0.6) is 0 Å². The summed E-state index contributed by atoms with van der Waals surface area (Å²) in [6.07, 6.45) is 9.13. The van der Waals surface area contributed by atoms with E-state index in [2.05, 4.69) is 20.8 Å². The number of piperazine rings is 1. The van der Waals surface area contributed by atoms with Crippen molar-refractivity contribution in [1.82, 2.24) is 9.80 Å². The molecule has 0 radical (unpaired) electrons. The van der Waals surface area contributed by atoms with E-state index in [1.165, 1.54) is 6.42 Å². The van der Waals surface area contributed by atoms with Crippen LogP contribution in [0.3, 0.4) is 0 Å². The van der Waals surface area contributed by atoms with Crippen LogP contribution in [0.2, 0.25) is 0 Å². The van der Waals surface area contributed by atoms with Crippen LogP contribution in [-0.2, 0) is 14.3 Å². The second-order valence-corrected chi connectivity index (χ2v) is 14.4. The molecule has 6 nitrogen and oxygen atoms in total. The largest absolute Gasteiger partial charge is 0.444 e. The molecule has 4 saturated carbocycles. The minimum Gasteiger partial charge on any atom is -0.444 e. The summed E-state index contributed by atoms with van der Waals surface area (Å²) in [5.41, 5.74) is -0.656. The molecule has 6 heteroatoms. The molecule has 5 rings (SSSR count). The summed E-state index contributed by atoms with van der Waals surface area (Å²) in [5.74, 6) is 1.72. The molecule has 1 spiro atoms. The van der Waals surface area contributed by atoms with E-state index in [0.717, 1.165) is 51.4 Å². The zero-order valence-corrected chi connectivity index (χ0v) is 22.9. The lowest BCUT2D eigenvalue weighted by Gasteiger charge is -2.64. The monoisotopic (exact) mass is 486 g/mol. The fourth-order valence-corrected chi connectivity index (χ4v) is 9.54. The normalized spacial score (nSPS) is 43.4. The summed E-state index contributed by atoms with van der Waals surface area (Å²) in [6.45, 7) is 14.8. The van der Waals surface area contributed by atoms with Crippen LogP contribution in [-0.4, -0.2) is 59.4 Å². The average Bonchev–Trinajstić information content (AvgIpc) is 2.95. The van der Waals surface area contributed by atoms with Crippen molar-refractivity contribution < 1.29 is 19.1 Å². The number of carbonyl (C=O) groups is 3. The average molecular weight is 487 g/mol. The zero-order valence-electron chi connectivity index (χ0n) is 22.9. The van der Waals surface area contributed by atoms with Gasteiger partial charge in [-0.2, -0.15) is 0 Å². The molecule has 1 aliphatic heterocycles. The lowest BCUT2D eigenvalue weighted by atomic mass is 9.40. The molecule has 2 amide bonds. The van der Waals surface area contributed by atoms with Gasteiger partial charge in [0, 0.05) is 43.4 Å². The van der Waals surface area contributed by atoms with Crippen LogP contribution in [0, 0.1) is 33.5 Å². The van der Waals surface area contributed by atoms with E-state index in [1.807, 2.05) is 25.7 Å². The number of Topliss-reactive ketones (excluding diaryl/α,β-unsaturated/α-hetero) is 1. The molecule has 5 aliphatic rings. The van der Waals surface area contributed by atoms with Crippen molar-refractivity contribution in [1.29, 1.82) is 0 Å². The van der Waals surface area contributed by atoms with E-state index < -0.39 is 5.60 Å². The van der Waals surface area contributed by atoms with Crippen molar-refractivity contribution in [2.24, 2.45) is 33.5 Å². The lowest BCUT2D eigenvalue weighted by molar-refractivity contribution is -0.178. The maximum absolute atomic E-state index is 14.1. The van der Waals surface area contributed by atoms with Gasteiger partial charge in [0.15, 0.2) is 0 Å². The zero-order chi connectivity index (χ0) is 25.4. The maximum Gasteiger partial charge on any atom is 0.410 e. The highest BCUT2D eigenvalue weighted by Crippen LogP contribution is 2.73. The Hall–Kier alpha value is -1.59. The van der Waals surface area contributed by atoms with Gasteiger partial charge in [-0.25, -0.2) is 4.79 Å². The minimum atomic E-state index is -0.511. The van der Waals surface area contributed by atoms with Crippen molar-refractivity contribution in [3.63, 3.8) is 0 Å². The van der Waals surface area contributed by atoms with Crippen molar-refractivity contribution in [3.8, 4) is 0 Å². The van der Waals surface area contributed by atoms with Gasteiger partial charge in [0.25, 0.3) is 0 Å². The van der Waals surface area contributed by atoms with E-state index in [0.29, 0.717) is 43.8 Å². The number of carbonyl (C=O) groups excluding carboxylic acids is 3. The molecule has 1 saturated heterocycles. The minimum absolute atomic E-state index is 0.0959. The molecule has 1 heterocycles. The fraction of sp³-hybridized carbons (Fsp3) is 0.897. The molecule has 5 fully saturated rings. The third kappa shape index (κ3) is 3.83. The molecule has 4 aliphatic carbocycles. The fourth-order valence-electron chi connectivity index (χ4n) is 9.54. The first-order valence-corrected chi connectivity index (χ1v) is 14.0. The molecular weight excluding hydrogens is 440 g/mol. The van der Waals surface area contributed by atoms with E-state index in [9.17, 15) is 14.4 Å². The van der Waals surface area contributed by atoms with Crippen LogP contribution in [0.4, 0.5) is 4.79 Å². The molecule has 0 N–H and O–H groups in total. The van der Waals surface area contributed by atoms with Gasteiger partial charge in [0.2, 0.25) is 5.91 Å². The number of fused-ring (bicyclic) bond motifs is 3. The van der Waals surface area contributed by atoms with Gasteiger partial charge in [-0.1, -0.05) is 27.2 Å². The summed E-state index contributed by atoms with van der Waals surface area (Å²) in [5, 5.41) is 0. The van der Waals surface area contributed by atoms with E-state index >= 15 is 0 Å². The quantitative estimate of drug-likeness (QED) is 0.495. The Morgan fingerprint density at radius 1 is 0.886 bits per heavy atom. The highest BCUT2D eigenvalue weighted by Gasteiger charge is 2.68. The molecule has 196 valence electrons.